The van der Waals surface area contributed by atoms with Crippen LogP contribution in [0.2, 0.25) is 0 Å². The largest absolute Gasteiger partial charge is 0.378 e. The Labute approximate surface area is 135 Å². The Bertz CT molecular complexity index is 650. The topological polar surface area (TPSA) is 81.3 Å². The number of ether oxygens (including phenoxy) is 1. The highest BCUT2D eigenvalue weighted by atomic mass is 32.2. The summed E-state index contributed by atoms with van der Waals surface area (Å²) in [6.07, 6.45) is 0. The maximum Gasteiger partial charge on any atom is 0.224 e. The summed E-state index contributed by atoms with van der Waals surface area (Å²) in [5.41, 5.74) is 2.55. The van der Waals surface area contributed by atoms with Crippen molar-refractivity contribution in [1.29, 1.82) is 0 Å². The fourth-order valence-electron chi connectivity index (χ4n) is 2.36. The first-order valence-corrected chi connectivity index (χ1v) is 8.91. The van der Waals surface area contributed by atoms with E-state index in [1.807, 2.05) is 5.38 Å². The standard InChI is InChI=1S/C12H15N7OS2/c1-3-20-4-2-18(1)12-13-5-9(22-12)6-19-16-11(15-17-19)10-7-21-8-14-10/h7-9H,1-6H2. The Morgan fingerprint density at radius 3 is 3.05 bits per heavy atom. The van der Waals surface area contributed by atoms with Gasteiger partial charge in [-0.15, -0.1) is 21.5 Å². The first kappa shape index (κ1) is 14.1. The first-order chi connectivity index (χ1) is 10.9. The fraction of sp³-hybridized carbons (Fsp3) is 0.583. The number of thioether (sulfide) groups is 1. The van der Waals surface area contributed by atoms with Crippen molar-refractivity contribution in [1.82, 2.24) is 30.1 Å². The highest BCUT2D eigenvalue weighted by molar-refractivity contribution is 8.14. The molecule has 8 nitrogen and oxygen atoms in total. The number of amidine groups is 1. The SMILES string of the molecule is c1nc(-c2nnn(CC3CN=C(N4CCOCC4)S3)n2)cs1. The molecule has 1 atom stereocenters. The number of hydrogen-bond acceptors (Lipinski definition) is 9. The third kappa shape index (κ3) is 2.99. The van der Waals surface area contributed by atoms with Crippen molar-refractivity contribution in [3.63, 3.8) is 0 Å². The molecule has 4 rings (SSSR count). The molecule has 1 fully saturated rings. The van der Waals surface area contributed by atoms with E-state index in [2.05, 4.69) is 30.3 Å². The first-order valence-electron chi connectivity index (χ1n) is 7.08. The van der Waals surface area contributed by atoms with E-state index in [9.17, 15) is 0 Å². The van der Waals surface area contributed by atoms with Gasteiger partial charge in [-0.3, -0.25) is 4.99 Å². The lowest BCUT2D eigenvalue weighted by Gasteiger charge is -2.28. The molecule has 2 aliphatic rings. The molecule has 2 aromatic rings. The number of aromatic nitrogens is 5. The van der Waals surface area contributed by atoms with Crippen molar-refractivity contribution in [2.45, 2.75) is 11.8 Å². The van der Waals surface area contributed by atoms with Gasteiger partial charge < -0.3 is 9.64 Å². The van der Waals surface area contributed by atoms with Crippen LogP contribution in [0.5, 0.6) is 0 Å². The summed E-state index contributed by atoms with van der Waals surface area (Å²) < 4.78 is 5.38. The Kier molecular flexibility index (Phi) is 4.04. The summed E-state index contributed by atoms with van der Waals surface area (Å²) in [6, 6.07) is 0. The van der Waals surface area contributed by atoms with Crippen LogP contribution in [0.25, 0.3) is 11.5 Å². The lowest BCUT2D eigenvalue weighted by molar-refractivity contribution is 0.0693. The highest BCUT2D eigenvalue weighted by Crippen LogP contribution is 2.25. The fourth-order valence-corrected chi connectivity index (χ4v) is 4.02. The molecule has 0 bridgehead atoms. The summed E-state index contributed by atoms with van der Waals surface area (Å²) in [5, 5.41) is 16.0. The Morgan fingerprint density at radius 1 is 1.32 bits per heavy atom. The summed E-state index contributed by atoms with van der Waals surface area (Å²) in [4.78, 5) is 12.8. The average molecular weight is 337 g/mol. The molecule has 1 unspecified atom stereocenters. The molecule has 2 aliphatic heterocycles. The van der Waals surface area contributed by atoms with Crippen molar-refractivity contribution in [3.8, 4) is 11.5 Å². The van der Waals surface area contributed by atoms with Crippen molar-refractivity contribution in [2.24, 2.45) is 4.99 Å². The second-order valence-corrected chi connectivity index (χ2v) is 6.99. The minimum atomic E-state index is 0.357. The molecule has 1 saturated heterocycles. The molecule has 0 saturated carbocycles. The number of morpholine rings is 1. The highest BCUT2D eigenvalue weighted by Gasteiger charge is 2.26. The van der Waals surface area contributed by atoms with Gasteiger partial charge in [-0.1, -0.05) is 11.8 Å². The Balaban J connectivity index is 1.35. The molecule has 0 aromatic carbocycles. The van der Waals surface area contributed by atoms with E-state index in [1.165, 1.54) is 11.3 Å². The monoisotopic (exact) mass is 337 g/mol. The van der Waals surface area contributed by atoms with Crippen LogP contribution < -0.4 is 0 Å². The van der Waals surface area contributed by atoms with E-state index >= 15 is 0 Å². The predicted molar refractivity (Wildman–Crippen MR) is 85.0 cm³/mol. The summed E-state index contributed by atoms with van der Waals surface area (Å²) in [5.74, 6) is 0.582. The zero-order valence-electron chi connectivity index (χ0n) is 11.8. The van der Waals surface area contributed by atoms with Crippen LogP contribution in [0.15, 0.2) is 15.9 Å². The van der Waals surface area contributed by atoms with Gasteiger partial charge in [-0.05, 0) is 5.21 Å². The Morgan fingerprint density at radius 2 is 2.23 bits per heavy atom. The molecule has 0 radical (unpaired) electrons. The molecule has 0 aliphatic carbocycles. The molecule has 0 spiro atoms. The number of rotatable bonds is 3. The predicted octanol–water partition coefficient (Wildman–Crippen LogP) is 0.600. The lowest BCUT2D eigenvalue weighted by atomic mass is 10.4. The molecule has 0 amide bonds. The molecular weight excluding hydrogens is 322 g/mol. The van der Waals surface area contributed by atoms with Crippen LogP contribution in [-0.2, 0) is 11.3 Å². The van der Waals surface area contributed by atoms with Crippen molar-refractivity contribution >= 4 is 28.3 Å². The molecule has 4 heterocycles. The van der Waals surface area contributed by atoms with E-state index < -0.39 is 0 Å². The maximum absolute atomic E-state index is 5.38. The smallest absolute Gasteiger partial charge is 0.224 e. The second kappa shape index (κ2) is 6.31. The minimum absolute atomic E-state index is 0.357. The quantitative estimate of drug-likeness (QED) is 0.811. The van der Waals surface area contributed by atoms with Crippen molar-refractivity contribution in [3.05, 3.63) is 10.9 Å². The van der Waals surface area contributed by atoms with Crippen molar-refractivity contribution in [2.75, 3.05) is 32.8 Å². The zero-order valence-corrected chi connectivity index (χ0v) is 13.5. The minimum Gasteiger partial charge on any atom is -0.378 e. The van der Waals surface area contributed by atoms with Gasteiger partial charge >= 0.3 is 0 Å². The van der Waals surface area contributed by atoms with Gasteiger partial charge in [0, 0.05) is 18.5 Å². The van der Waals surface area contributed by atoms with Gasteiger partial charge in [-0.25, -0.2) is 4.98 Å². The second-order valence-electron chi connectivity index (χ2n) is 5.00. The molecule has 0 N–H and O–H groups in total. The third-order valence-electron chi connectivity index (χ3n) is 3.47. The van der Waals surface area contributed by atoms with Crippen LogP contribution >= 0.6 is 23.1 Å². The molecule has 2 aromatic heterocycles. The molecular formula is C12H15N7OS2. The maximum atomic E-state index is 5.38. The summed E-state index contributed by atoms with van der Waals surface area (Å²) in [7, 11) is 0. The molecule has 22 heavy (non-hydrogen) atoms. The van der Waals surface area contributed by atoms with Crippen LogP contribution in [0.1, 0.15) is 0 Å². The Hall–Kier alpha value is -1.52. The molecule has 10 heteroatoms. The van der Waals surface area contributed by atoms with E-state index in [0.29, 0.717) is 17.6 Å². The van der Waals surface area contributed by atoms with E-state index in [-0.39, 0.29) is 0 Å². The van der Waals surface area contributed by atoms with Gasteiger partial charge in [0.15, 0.2) is 5.17 Å². The van der Waals surface area contributed by atoms with Crippen LogP contribution in [0.3, 0.4) is 0 Å². The number of tetrazole rings is 1. The average Bonchev–Trinajstić information content (AvgIpc) is 3.30. The van der Waals surface area contributed by atoms with Crippen LogP contribution in [0, 0.1) is 0 Å². The normalized spacial score (nSPS) is 22.1. The van der Waals surface area contributed by atoms with Gasteiger partial charge in [0.2, 0.25) is 5.82 Å². The van der Waals surface area contributed by atoms with E-state index in [0.717, 1.165) is 43.7 Å². The van der Waals surface area contributed by atoms with Gasteiger partial charge in [-0.2, -0.15) is 4.80 Å². The van der Waals surface area contributed by atoms with E-state index in [4.69, 9.17) is 4.74 Å². The number of hydrogen-bond donors (Lipinski definition) is 0. The van der Waals surface area contributed by atoms with Gasteiger partial charge in [0.05, 0.1) is 37.1 Å². The molecule has 116 valence electrons. The number of thiazole rings is 1. The number of aliphatic imine (C=N–C) groups is 1. The number of nitrogens with zero attached hydrogens (tertiary/aromatic N) is 7. The van der Waals surface area contributed by atoms with Gasteiger partial charge in [0.25, 0.3) is 0 Å². The van der Waals surface area contributed by atoms with Gasteiger partial charge in [0.1, 0.15) is 5.69 Å². The van der Waals surface area contributed by atoms with E-state index in [1.54, 1.807) is 22.1 Å². The summed E-state index contributed by atoms with van der Waals surface area (Å²) in [6.45, 7) is 4.92. The van der Waals surface area contributed by atoms with Crippen LogP contribution in [-0.4, -0.2) is 73.4 Å². The van der Waals surface area contributed by atoms with Crippen molar-refractivity contribution < 1.29 is 4.74 Å². The third-order valence-corrected chi connectivity index (χ3v) is 5.28. The van der Waals surface area contributed by atoms with Crippen LogP contribution in [0.4, 0.5) is 0 Å². The zero-order chi connectivity index (χ0) is 14.8. The summed E-state index contributed by atoms with van der Waals surface area (Å²) >= 11 is 3.32. The lowest BCUT2D eigenvalue weighted by Crippen LogP contribution is -2.39.